The third-order valence-electron chi connectivity index (χ3n) is 3.92. The van der Waals surface area contributed by atoms with Crippen molar-refractivity contribution in [3.63, 3.8) is 0 Å². The van der Waals surface area contributed by atoms with E-state index in [1.807, 2.05) is 41.4 Å². The number of morpholine rings is 1. The molecule has 2 aromatic rings. The Labute approximate surface area is 138 Å². The summed E-state index contributed by atoms with van der Waals surface area (Å²) in [4.78, 5) is 26.9. The van der Waals surface area contributed by atoms with Crippen LogP contribution in [0.2, 0.25) is 0 Å². The highest BCUT2D eigenvalue weighted by Gasteiger charge is 2.30. The van der Waals surface area contributed by atoms with Crippen molar-refractivity contribution in [1.82, 2.24) is 14.8 Å². The number of carbonyl (C=O) groups is 2. The first-order valence-electron chi connectivity index (χ1n) is 7.47. The molecule has 0 aromatic carbocycles. The van der Waals surface area contributed by atoms with E-state index in [0.717, 1.165) is 5.69 Å². The van der Waals surface area contributed by atoms with Gasteiger partial charge in [0.1, 0.15) is 0 Å². The van der Waals surface area contributed by atoms with E-state index in [4.69, 9.17) is 4.74 Å². The number of amides is 2. The van der Waals surface area contributed by atoms with E-state index < -0.39 is 0 Å². The summed E-state index contributed by atoms with van der Waals surface area (Å²) in [5.41, 5.74) is 1.03. The molecule has 0 spiro atoms. The highest BCUT2D eigenvalue weighted by molar-refractivity contribution is 7.12. The lowest BCUT2D eigenvalue weighted by Crippen LogP contribution is -2.47. The van der Waals surface area contributed by atoms with Crippen LogP contribution in [0.1, 0.15) is 21.4 Å². The van der Waals surface area contributed by atoms with E-state index >= 15 is 0 Å². The maximum Gasteiger partial charge on any atom is 0.261 e. The normalized spacial score (nSPS) is 18.0. The largest absolute Gasteiger partial charge is 0.377 e. The van der Waals surface area contributed by atoms with Gasteiger partial charge in [0, 0.05) is 25.5 Å². The Hall–Kier alpha value is -2.12. The van der Waals surface area contributed by atoms with Crippen LogP contribution in [-0.4, -0.2) is 47.6 Å². The number of ether oxygens (including phenoxy) is 1. The standard InChI is InChI=1S/C16H19N3O3S/c1-18-6-2-4-12(18)13-11-22-8-7-19(13)15(20)10-17-16(21)14-5-3-9-23-14/h2-6,9,13H,7-8,10-11H2,1H3,(H,17,21). The smallest absolute Gasteiger partial charge is 0.261 e. The molecule has 1 N–H and O–H groups in total. The fraction of sp³-hybridized carbons (Fsp3) is 0.375. The van der Waals surface area contributed by atoms with Crippen molar-refractivity contribution in [3.05, 3.63) is 46.4 Å². The zero-order chi connectivity index (χ0) is 16.2. The Balaban J connectivity index is 1.65. The molecule has 1 aliphatic rings. The number of carbonyl (C=O) groups excluding carboxylic acids is 2. The summed E-state index contributed by atoms with van der Waals surface area (Å²) in [6.07, 6.45) is 1.95. The predicted octanol–water partition coefficient (Wildman–Crippen LogP) is 1.42. The van der Waals surface area contributed by atoms with Gasteiger partial charge >= 0.3 is 0 Å². The van der Waals surface area contributed by atoms with Gasteiger partial charge in [0.25, 0.3) is 5.91 Å². The van der Waals surface area contributed by atoms with Crippen molar-refractivity contribution in [2.45, 2.75) is 6.04 Å². The number of rotatable bonds is 4. The fourth-order valence-corrected chi connectivity index (χ4v) is 3.36. The van der Waals surface area contributed by atoms with E-state index in [1.54, 1.807) is 11.0 Å². The summed E-state index contributed by atoms with van der Waals surface area (Å²) in [5, 5.41) is 4.53. The molecule has 1 atom stereocenters. The third-order valence-corrected chi connectivity index (χ3v) is 4.79. The average Bonchev–Trinajstić information content (AvgIpc) is 3.23. The number of nitrogens with zero attached hydrogens (tertiary/aromatic N) is 2. The van der Waals surface area contributed by atoms with Crippen molar-refractivity contribution in [3.8, 4) is 0 Å². The summed E-state index contributed by atoms with van der Waals surface area (Å²) in [5.74, 6) is -0.304. The van der Waals surface area contributed by atoms with Crippen molar-refractivity contribution >= 4 is 23.2 Å². The van der Waals surface area contributed by atoms with Crippen LogP contribution < -0.4 is 5.32 Å². The monoisotopic (exact) mass is 333 g/mol. The molecule has 1 saturated heterocycles. The summed E-state index contributed by atoms with van der Waals surface area (Å²) >= 11 is 1.36. The Kier molecular flexibility index (Phi) is 4.78. The molecule has 1 unspecified atom stereocenters. The zero-order valence-corrected chi connectivity index (χ0v) is 13.7. The summed E-state index contributed by atoms with van der Waals surface area (Å²) in [6, 6.07) is 7.38. The first-order valence-corrected chi connectivity index (χ1v) is 8.35. The highest BCUT2D eigenvalue weighted by Crippen LogP contribution is 2.24. The van der Waals surface area contributed by atoms with Gasteiger partial charge in [0.2, 0.25) is 5.91 Å². The van der Waals surface area contributed by atoms with Gasteiger partial charge in [-0.2, -0.15) is 0 Å². The maximum atomic E-state index is 12.5. The van der Waals surface area contributed by atoms with Gasteiger partial charge in [-0.3, -0.25) is 9.59 Å². The molecular formula is C16H19N3O3S. The molecule has 3 heterocycles. The molecule has 0 saturated carbocycles. The van der Waals surface area contributed by atoms with Crippen LogP contribution in [-0.2, 0) is 16.6 Å². The van der Waals surface area contributed by atoms with Gasteiger partial charge in [-0.25, -0.2) is 0 Å². The number of thiophene rings is 1. The van der Waals surface area contributed by atoms with Crippen LogP contribution >= 0.6 is 11.3 Å². The van der Waals surface area contributed by atoms with Gasteiger partial charge in [0.15, 0.2) is 0 Å². The minimum atomic E-state index is -0.211. The quantitative estimate of drug-likeness (QED) is 0.920. The first kappa shape index (κ1) is 15.8. The molecular weight excluding hydrogens is 314 g/mol. The minimum Gasteiger partial charge on any atom is -0.377 e. The molecule has 2 amide bonds. The number of nitrogens with one attached hydrogen (secondary N) is 1. The number of aromatic nitrogens is 1. The lowest BCUT2D eigenvalue weighted by molar-refractivity contribution is -0.139. The van der Waals surface area contributed by atoms with Gasteiger partial charge in [-0.05, 0) is 23.6 Å². The van der Waals surface area contributed by atoms with E-state index in [9.17, 15) is 9.59 Å². The van der Waals surface area contributed by atoms with Gasteiger partial charge < -0.3 is 19.5 Å². The number of hydrogen-bond acceptors (Lipinski definition) is 4. The van der Waals surface area contributed by atoms with Crippen LogP contribution in [0.3, 0.4) is 0 Å². The molecule has 0 bridgehead atoms. The molecule has 1 fully saturated rings. The summed E-state index contributed by atoms with van der Waals surface area (Å²) < 4.78 is 7.52. The first-order chi connectivity index (χ1) is 11.2. The lowest BCUT2D eigenvalue weighted by Gasteiger charge is -2.36. The second-order valence-electron chi connectivity index (χ2n) is 5.38. The van der Waals surface area contributed by atoms with Crippen LogP contribution in [0.5, 0.6) is 0 Å². The molecule has 3 rings (SSSR count). The molecule has 2 aromatic heterocycles. The fourth-order valence-electron chi connectivity index (χ4n) is 2.72. The average molecular weight is 333 g/mol. The SMILES string of the molecule is Cn1cccc1C1COCCN1C(=O)CNC(=O)c1cccs1. The highest BCUT2D eigenvalue weighted by atomic mass is 32.1. The molecule has 7 heteroatoms. The Morgan fingerprint density at radius 3 is 2.96 bits per heavy atom. The number of hydrogen-bond donors (Lipinski definition) is 1. The molecule has 23 heavy (non-hydrogen) atoms. The van der Waals surface area contributed by atoms with E-state index in [2.05, 4.69) is 5.32 Å². The maximum absolute atomic E-state index is 12.5. The van der Waals surface area contributed by atoms with Gasteiger partial charge in [-0.1, -0.05) is 6.07 Å². The predicted molar refractivity (Wildman–Crippen MR) is 87.3 cm³/mol. The van der Waals surface area contributed by atoms with Crippen LogP contribution in [0.25, 0.3) is 0 Å². The third kappa shape index (κ3) is 3.46. The van der Waals surface area contributed by atoms with Crippen LogP contribution in [0.4, 0.5) is 0 Å². The second-order valence-corrected chi connectivity index (χ2v) is 6.33. The second kappa shape index (κ2) is 6.97. The van der Waals surface area contributed by atoms with Gasteiger partial charge in [-0.15, -0.1) is 11.3 Å². The molecule has 122 valence electrons. The number of aryl methyl sites for hydroxylation is 1. The molecule has 0 radical (unpaired) electrons. The van der Waals surface area contributed by atoms with Crippen molar-refractivity contribution in [2.75, 3.05) is 26.3 Å². The lowest BCUT2D eigenvalue weighted by atomic mass is 10.1. The van der Waals surface area contributed by atoms with E-state index in [1.165, 1.54) is 11.3 Å². The van der Waals surface area contributed by atoms with E-state index in [-0.39, 0.29) is 24.4 Å². The molecule has 6 nitrogen and oxygen atoms in total. The minimum absolute atomic E-state index is 0.00233. The van der Waals surface area contributed by atoms with Crippen molar-refractivity contribution < 1.29 is 14.3 Å². The summed E-state index contributed by atoms with van der Waals surface area (Å²) in [6.45, 7) is 1.52. The molecule has 1 aliphatic heterocycles. The van der Waals surface area contributed by atoms with Crippen molar-refractivity contribution in [2.24, 2.45) is 7.05 Å². The van der Waals surface area contributed by atoms with Crippen LogP contribution in [0, 0.1) is 0 Å². The van der Waals surface area contributed by atoms with Crippen molar-refractivity contribution in [1.29, 1.82) is 0 Å². The van der Waals surface area contributed by atoms with Gasteiger partial charge in [0.05, 0.1) is 30.7 Å². The Morgan fingerprint density at radius 2 is 2.26 bits per heavy atom. The zero-order valence-electron chi connectivity index (χ0n) is 12.9. The summed E-state index contributed by atoms with van der Waals surface area (Å²) in [7, 11) is 1.95. The molecule has 0 aliphatic carbocycles. The van der Waals surface area contributed by atoms with Crippen LogP contribution in [0.15, 0.2) is 35.8 Å². The van der Waals surface area contributed by atoms with E-state index in [0.29, 0.717) is 24.6 Å². The Bertz CT molecular complexity index is 681. The Morgan fingerprint density at radius 1 is 1.39 bits per heavy atom. The topological polar surface area (TPSA) is 63.6 Å².